The van der Waals surface area contributed by atoms with Gasteiger partial charge in [0.2, 0.25) is 0 Å². The van der Waals surface area contributed by atoms with Crippen molar-refractivity contribution in [1.29, 1.82) is 0 Å². The van der Waals surface area contributed by atoms with Gasteiger partial charge in [0.15, 0.2) is 23.0 Å². The normalized spacial score (nSPS) is 11.6. The molecule has 3 rings (SSSR count). The molecule has 3 aromatic rings. The van der Waals surface area contributed by atoms with Crippen molar-refractivity contribution < 1.29 is 24.1 Å². The topological polar surface area (TPSA) is 72.1 Å². The van der Waals surface area contributed by atoms with Gasteiger partial charge in [-0.15, -0.1) is 0 Å². The van der Waals surface area contributed by atoms with Crippen molar-refractivity contribution in [1.82, 2.24) is 0 Å². The molecular formula is C36H56O5. The zero-order chi connectivity index (χ0) is 29.1. The van der Waals surface area contributed by atoms with Gasteiger partial charge in [0.05, 0.1) is 13.2 Å². The lowest BCUT2D eigenvalue weighted by atomic mass is 10.1. The molecule has 0 radical (unpaired) electrons. The first-order valence-corrected chi connectivity index (χ1v) is 16.8. The van der Waals surface area contributed by atoms with Crippen LogP contribution in [0, 0.1) is 0 Å². The molecule has 5 nitrogen and oxygen atoms in total. The quantitative estimate of drug-likeness (QED) is 0.105. The largest absolute Gasteiger partial charge is 0.504 e. The number of unbranched alkanes of at least 4 members (excludes halogenated alkanes) is 18. The van der Waals surface area contributed by atoms with Crippen molar-refractivity contribution in [3.05, 3.63) is 24.3 Å². The Morgan fingerprint density at radius 2 is 0.780 bits per heavy atom. The van der Waals surface area contributed by atoms with Crippen LogP contribution in [-0.2, 0) is 0 Å². The highest BCUT2D eigenvalue weighted by molar-refractivity contribution is 6.07. The molecule has 0 bridgehead atoms. The average Bonchev–Trinajstić information content (AvgIpc) is 3.30. The Morgan fingerprint density at radius 1 is 0.463 bits per heavy atom. The number of phenols is 2. The minimum absolute atomic E-state index is 0.0908. The number of furan rings is 1. The maximum Gasteiger partial charge on any atom is 0.164 e. The molecule has 0 unspecified atom stereocenters. The first-order valence-electron chi connectivity index (χ1n) is 16.8. The van der Waals surface area contributed by atoms with Gasteiger partial charge in [-0.3, -0.25) is 0 Å². The predicted molar refractivity (Wildman–Crippen MR) is 172 cm³/mol. The van der Waals surface area contributed by atoms with E-state index in [1.54, 1.807) is 24.3 Å². The number of ether oxygens (including phenoxy) is 2. The van der Waals surface area contributed by atoms with E-state index in [9.17, 15) is 10.2 Å². The molecule has 0 aliphatic rings. The van der Waals surface area contributed by atoms with Crippen LogP contribution in [-0.4, -0.2) is 23.4 Å². The fourth-order valence-corrected chi connectivity index (χ4v) is 5.58. The second kappa shape index (κ2) is 19.5. The summed E-state index contributed by atoms with van der Waals surface area (Å²) in [5.41, 5.74) is 1.25. The Kier molecular flexibility index (Phi) is 15.7. The monoisotopic (exact) mass is 568 g/mol. The summed E-state index contributed by atoms with van der Waals surface area (Å²) in [6.07, 6.45) is 25.5. The average molecular weight is 569 g/mol. The summed E-state index contributed by atoms with van der Waals surface area (Å²) >= 11 is 0. The molecule has 0 fully saturated rings. The number of fused-ring (bicyclic) bond motifs is 3. The standard InChI is InChI=1S/C36H56O5/c1-3-5-7-9-11-13-15-17-19-21-23-39-35-27-33-29(25-31(35)37)30-26-32(38)36(28-34(30)41-33)40-24-22-20-18-16-14-12-10-8-6-4-2/h25-28,37-38H,3-24H2,1-2H3. The molecule has 41 heavy (non-hydrogen) atoms. The van der Waals surface area contributed by atoms with Crippen molar-refractivity contribution in [2.75, 3.05) is 13.2 Å². The fraction of sp³-hybridized carbons (Fsp3) is 0.667. The molecule has 0 aliphatic heterocycles. The Bertz CT molecular complexity index is 1030. The Labute approximate surface area is 248 Å². The number of aromatic hydroxyl groups is 2. The van der Waals surface area contributed by atoms with E-state index in [4.69, 9.17) is 13.9 Å². The van der Waals surface area contributed by atoms with Gasteiger partial charge in [-0.25, -0.2) is 0 Å². The lowest BCUT2D eigenvalue weighted by molar-refractivity contribution is 0.288. The molecule has 0 saturated heterocycles. The van der Waals surface area contributed by atoms with Crippen molar-refractivity contribution in [3.8, 4) is 23.0 Å². The van der Waals surface area contributed by atoms with Crippen LogP contribution in [0.5, 0.6) is 23.0 Å². The molecule has 1 heterocycles. The summed E-state index contributed by atoms with van der Waals surface area (Å²) in [5.74, 6) is 1.06. The number of benzene rings is 2. The van der Waals surface area contributed by atoms with E-state index < -0.39 is 0 Å². The first kappa shape index (κ1) is 32.9. The van der Waals surface area contributed by atoms with Gasteiger partial charge < -0.3 is 24.1 Å². The highest BCUT2D eigenvalue weighted by Gasteiger charge is 2.15. The van der Waals surface area contributed by atoms with Crippen molar-refractivity contribution >= 4 is 21.9 Å². The minimum Gasteiger partial charge on any atom is -0.504 e. The van der Waals surface area contributed by atoms with E-state index in [1.165, 1.54) is 103 Å². The van der Waals surface area contributed by atoms with Crippen LogP contribution >= 0.6 is 0 Å². The van der Waals surface area contributed by atoms with E-state index >= 15 is 0 Å². The molecule has 0 aliphatic carbocycles. The third-order valence-corrected chi connectivity index (χ3v) is 8.14. The third kappa shape index (κ3) is 11.7. The molecule has 2 aromatic carbocycles. The zero-order valence-electron chi connectivity index (χ0n) is 26.0. The highest BCUT2D eigenvalue weighted by Crippen LogP contribution is 2.41. The summed E-state index contributed by atoms with van der Waals surface area (Å²) < 4.78 is 17.9. The molecule has 1 aromatic heterocycles. The maximum atomic E-state index is 10.6. The molecule has 2 N–H and O–H groups in total. The van der Waals surface area contributed by atoms with E-state index in [0.29, 0.717) is 35.9 Å². The van der Waals surface area contributed by atoms with Crippen LogP contribution < -0.4 is 9.47 Å². The highest BCUT2D eigenvalue weighted by atomic mass is 16.5. The van der Waals surface area contributed by atoms with Gasteiger partial charge in [0.1, 0.15) is 11.2 Å². The summed E-state index contributed by atoms with van der Waals surface area (Å²) in [5, 5.41) is 22.7. The van der Waals surface area contributed by atoms with Crippen molar-refractivity contribution in [2.24, 2.45) is 0 Å². The van der Waals surface area contributed by atoms with Crippen LogP contribution in [0.25, 0.3) is 21.9 Å². The minimum atomic E-state index is 0.0908. The predicted octanol–water partition coefficient (Wildman–Crippen LogP) is 11.6. The molecule has 0 saturated carbocycles. The maximum absolute atomic E-state index is 10.6. The van der Waals surface area contributed by atoms with Gasteiger partial charge in [-0.2, -0.15) is 0 Å². The number of phenolic OH excluding ortho intramolecular Hbond substituents is 2. The molecule has 230 valence electrons. The van der Waals surface area contributed by atoms with E-state index in [0.717, 1.165) is 36.5 Å². The molecule has 0 amide bonds. The van der Waals surface area contributed by atoms with Gasteiger partial charge >= 0.3 is 0 Å². The van der Waals surface area contributed by atoms with Crippen molar-refractivity contribution in [2.45, 2.75) is 142 Å². The van der Waals surface area contributed by atoms with Gasteiger partial charge in [0.25, 0.3) is 0 Å². The molecule has 0 atom stereocenters. The summed E-state index contributed by atoms with van der Waals surface area (Å²) in [7, 11) is 0. The van der Waals surface area contributed by atoms with Crippen molar-refractivity contribution in [3.63, 3.8) is 0 Å². The van der Waals surface area contributed by atoms with Crippen LogP contribution in [0.15, 0.2) is 28.7 Å². The number of rotatable bonds is 24. The second-order valence-electron chi connectivity index (χ2n) is 11.8. The van der Waals surface area contributed by atoms with Gasteiger partial charge in [-0.1, -0.05) is 129 Å². The Morgan fingerprint density at radius 3 is 1.12 bits per heavy atom. The van der Waals surface area contributed by atoms with Crippen LogP contribution in [0.2, 0.25) is 0 Å². The molecular weight excluding hydrogens is 512 g/mol. The Hall–Kier alpha value is -2.56. The SMILES string of the molecule is CCCCCCCCCCCCOc1cc2oc3cc(OCCCCCCCCCCCC)c(O)cc3c2cc1O. The number of hydrogen-bond donors (Lipinski definition) is 2. The zero-order valence-corrected chi connectivity index (χ0v) is 26.0. The lowest BCUT2D eigenvalue weighted by Gasteiger charge is -2.08. The molecule has 5 heteroatoms. The summed E-state index contributed by atoms with van der Waals surface area (Å²) in [6.45, 7) is 5.67. The van der Waals surface area contributed by atoms with E-state index in [1.807, 2.05) is 0 Å². The Balaban J connectivity index is 1.39. The van der Waals surface area contributed by atoms with Crippen LogP contribution in [0.4, 0.5) is 0 Å². The van der Waals surface area contributed by atoms with Gasteiger partial charge in [-0.05, 0) is 25.0 Å². The smallest absolute Gasteiger partial charge is 0.164 e. The van der Waals surface area contributed by atoms with Gasteiger partial charge in [0, 0.05) is 22.9 Å². The fourth-order valence-electron chi connectivity index (χ4n) is 5.58. The number of hydrogen-bond acceptors (Lipinski definition) is 5. The van der Waals surface area contributed by atoms with Crippen LogP contribution in [0.1, 0.15) is 142 Å². The summed E-state index contributed by atoms with van der Waals surface area (Å²) in [4.78, 5) is 0. The molecule has 0 spiro atoms. The lowest BCUT2D eigenvalue weighted by Crippen LogP contribution is -1.97. The van der Waals surface area contributed by atoms with Crippen LogP contribution in [0.3, 0.4) is 0 Å². The second-order valence-corrected chi connectivity index (χ2v) is 11.8. The first-order chi connectivity index (χ1) is 20.1. The third-order valence-electron chi connectivity index (χ3n) is 8.14. The van der Waals surface area contributed by atoms with E-state index in [2.05, 4.69) is 13.8 Å². The summed E-state index contributed by atoms with van der Waals surface area (Å²) in [6, 6.07) is 6.84. The van der Waals surface area contributed by atoms with E-state index in [-0.39, 0.29) is 11.5 Å².